The summed E-state index contributed by atoms with van der Waals surface area (Å²) < 4.78 is 35.7. The minimum absolute atomic E-state index is 0.146. The lowest BCUT2D eigenvalue weighted by molar-refractivity contribution is -0.0366. The molecule has 2 fully saturated rings. The molecule has 0 aromatic carbocycles. The number of alkyl halides is 2. The van der Waals surface area contributed by atoms with Gasteiger partial charge in [-0.15, -0.1) is 0 Å². The summed E-state index contributed by atoms with van der Waals surface area (Å²) in [7, 11) is 0. The molecular formula is C19H27F2N3O3. The molecule has 6 nitrogen and oxygen atoms in total. The highest BCUT2D eigenvalue weighted by Gasteiger charge is 2.31. The van der Waals surface area contributed by atoms with Gasteiger partial charge in [0.05, 0.1) is 12.3 Å². The van der Waals surface area contributed by atoms with Crippen LogP contribution in [-0.4, -0.2) is 54.7 Å². The number of rotatable bonds is 6. The van der Waals surface area contributed by atoms with Gasteiger partial charge in [0, 0.05) is 43.9 Å². The summed E-state index contributed by atoms with van der Waals surface area (Å²) in [6, 6.07) is 1.52. The van der Waals surface area contributed by atoms with Gasteiger partial charge in [-0.25, -0.2) is 13.6 Å². The number of urea groups is 1. The zero-order valence-electron chi connectivity index (χ0n) is 15.4. The average Bonchev–Trinajstić information content (AvgIpc) is 2.71. The smallest absolute Gasteiger partial charge is 0.317 e. The van der Waals surface area contributed by atoms with Crippen LogP contribution in [0.5, 0.6) is 5.75 Å². The van der Waals surface area contributed by atoms with Gasteiger partial charge in [0.1, 0.15) is 12.4 Å². The minimum Gasteiger partial charge on any atom is -0.486 e. The molecule has 0 saturated carbocycles. The number of carbonyl (C=O) groups is 1. The topological polar surface area (TPSA) is 63.7 Å². The third-order valence-electron chi connectivity index (χ3n) is 5.15. The Kier molecular flexibility index (Phi) is 7.20. The predicted molar refractivity (Wildman–Crippen MR) is 95.9 cm³/mol. The van der Waals surface area contributed by atoms with Crippen molar-refractivity contribution in [3.05, 3.63) is 24.0 Å². The summed E-state index contributed by atoms with van der Waals surface area (Å²) in [5, 5.41) is 2.87. The number of nitrogens with one attached hydrogen (secondary N) is 1. The lowest BCUT2D eigenvalue weighted by Crippen LogP contribution is -2.48. The van der Waals surface area contributed by atoms with Crippen molar-refractivity contribution in [1.29, 1.82) is 0 Å². The van der Waals surface area contributed by atoms with Crippen molar-refractivity contribution in [2.45, 2.75) is 51.2 Å². The van der Waals surface area contributed by atoms with Gasteiger partial charge >= 0.3 is 6.03 Å². The summed E-state index contributed by atoms with van der Waals surface area (Å²) in [4.78, 5) is 18.3. The van der Waals surface area contributed by atoms with Gasteiger partial charge < -0.3 is 19.7 Å². The van der Waals surface area contributed by atoms with E-state index in [9.17, 15) is 13.6 Å². The van der Waals surface area contributed by atoms with Gasteiger partial charge in [-0.05, 0) is 38.2 Å². The van der Waals surface area contributed by atoms with Gasteiger partial charge in [0.25, 0.3) is 6.43 Å². The van der Waals surface area contributed by atoms with Crippen LogP contribution in [0.15, 0.2) is 18.5 Å². The van der Waals surface area contributed by atoms with E-state index in [0.717, 1.165) is 38.8 Å². The summed E-state index contributed by atoms with van der Waals surface area (Å²) in [6.07, 6.45) is 6.08. The lowest BCUT2D eigenvalue weighted by Gasteiger charge is -2.38. The molecule has 2 aliphatic heterocycles. The van der Waals surface area contributed by atoms with Crippen LogP contribution in [-0.2, 0) is 11.3 Å². The zero-order valence-corrected chi connectivity index (χ0v) is 15.4. The van der Waals surface area contributed by atoms with E-state index in [1.54, 1.807) is 12.3 Å². The van der Waals surface area contributed by atoms with Crippen LogP contribution in [0.3, 0.4) is 0 Å². The van der Waals surface area contributed by atoms with E-state index in [2.05, 4.69) is 10.3 Å². The van der Waals surface area contributed by atoms with E-state index >= 15 is 0 Å². The van der Waals surface area contributed by atoms with Crippen LogP contribution in [0, 0.1) is 5.92 Å². The van der Waals surface area contributed by atoms with Crippen molar-refractivity contribution in [2.75, 3.05) is 26.3 Å². The summed E-state index contributed by atoms with van der Waals surface area (Å²) in [5.41, 5.74) is 0.628. The van der Waals surface area contributed by atoms with Crippen LogP contribution in [0.1, 0.15) is 37.7 Å². The number of aromatic nitrogens is 1. The number of hydrogen-bond donors (Lipinski definition) is 1. The maximum atomic E-state index is 12.6. The Balaban J connectivity index is 1.51. The number of amides is 2. The SMILES string of the molecule is O=C(NCc1ccncc1OCC(F)F)N1CCCC(C2CCCCO2)C1. The van der Waals surface area contributed by atoms with Crippen molar-refractivity contribution < 1.29 is 23.0 Å². The first kappa shape index (κ1) is 19.8. The molecule has 2 unspecified atom stereocenters. The van der Waals surface area contributed by atoms with Crippen LogP contribution < -0.4 is 10.1 Å². The van der Waals surface area contributed by atoms with Crippen molar-refractivity contribution in [3.8, 4) is 5.75 Å². The maximum absolute atomic E-state index is 12.6. The Morgan fingerprint density at radius 2 is 2.26 bits per heavy atom. The Bertz CT molecular complexity index is 612. The third kappa shape index (κ3) is 5.76. The molecule has 0 spiro atoms. The number of carbonyl (C=O) groups excluding carboxylic acids is 1. The number of halogens is 2. The number of likely N-dealkylation sites (tertiary alicyclic amines) is 1. The molecule has 150 valence electrons. The fraction of sp³-hybridized carbons (Fsp3) is 0.684. The molecule has 3 heterocycles. The number of piperidine rings is 1. The molecule has 0 aliphatic carbocycles. The van der Waals surface area contributed by atoms with Gasteiger partial charge in [0.15, 0.2) is 0 Å². The number of ether oxygens (including phenoxy) is 2. The first-order valence-electron chi connectivity index (χ1n) is 9.61. The largest absolute Gasteiger partial charge is 0.486 e. The number of pyridine rings is 1. The van der Waals surface area contributed by atoms with Crippen molar-refractivity contribution in [3.63, 3.8) is 0 Å². The Morgan fingerprint density at radius 3 is 3.04 bits per heavy atom. The van der Waals surface area contributed by atoms with Gasteiger partial charge in [-0.3, -0.25) is 4.98 Å². The Labute approximate surface area is 158 Å². The highest BCUT2D eigenvalue weighted by molar-refractivity contribution is 5.74. The molecule has 0 bridgehead atoms. The third-order valence-corrected chi connectivity index (χ3v) is 5.15. The first-order valence-corrected chi connectivity index (χ1v) is 9.61. The number of hydrogen-bond acceptors (Lipinski definition) is 4. The molecule has 0 radical (unpaired) electrons. The molecule has 27 heavy (non-hydrogen) atoms. The fourth-order valence-corrected chi connectivity index (χ4v) is 3.76. The molecule has 2 saturated heterocycles. The van der Waals surface area contributed by atoms with Crippen LogP contribution in [0.2, 0.25) is 0 Å². The van der Waals surface area contributed by atoms with Gasteiger partial charge in [-0.2, -0.15) is 0 Å². The monoisotopic (exact) mass is 383 g/mol. The second-order valence-corrected chi connectivity index (χ2v) is 7.10. The van der Waals surface area contributed by atoms with Crippen LogP contribution in [0.25, 0.3) is 0 Å². The first-order chi connectivity index (χ1) is 13.1. The van der Waals surface area contributed by atoms with E-state index < -0.39 is 13.0 Å². The predicted octanol–water partition coefficient (Wildman–Crippen LogP) is 3.22. The van der Waals surface area contributed by atoms with E-state index in [1.807, 2.05) is 4.90 Å². The molecule has 1 aromatic heterocycles. The van der Waals surface area contributed by atoms with Crippen LogP contribution >= 0.6 is 0 Å². The fourth-order valence-electron chi connectivity index (χ4n) is 3.76. The maximum Gasteiger partial charge on any atom is 0.317 e. The molecular weight excluding hydrogens is 356 g/mol. The van der Waals surface area contributed by atoms with Crippen LogP contribution in [0.4, 0.5) is 13.6 Å². The van der Waals surface area contributed by atoms with Gasteiger partial charge in [-0.1, -0.05) is 0 Å². The molecule has 2 atom stereocenters. The standard InChI is InChI=1S/C19H27F2N3O3/c20-18(21)13-27-17-11-22-7-6-14(17)10-23-19(25)24-8-3-4-15(12-24)16-5-1-2-9-26-16/h6-7,11,15-16,18H,1-5,8-10,12-13H2,(H,23,25). The molecule has 8 heteroatoms. The van der Waals surface area contributed by atoms with Gasteiger partial charge in [0.2, 0.25) is 0 Å². The zero-order chi connectivity index (χ0) is 19.1. The van der Waals surface area contributed by atoms with E-state index in [4.69, 9.17) is 9.47 Å². The quantitative estimate of drug-likeness (QED) is 0.819. The van der Waals surface area contributed by atoms with E-state index in [1.165, 1.54) is 12.6 Å². The summed E-state index contributed by atoms with van der Waals surface area (Å²) >= 11 is 0. The molecule has 1 N–H and O–H groups in total. The highest BCUT2D eigenvalue weighted by Crippen LogP contribution is 2.27. The van der Waals surface area contributed by atoms with Crippen molar-refractivity contribution >= 4 is 6.03 Å². The summed E-state index contributed by atoms with van der Waals surface area (Å²) in [6.45, 7) is 1.75. The molecule has 3 rings (SSSR count). The van der Waals surface area contributed by atoms with Crippen molar-refractivity contribution in [1.82, 2.24) is 15.2 Å². The second kappa shape index (κ2) is 9.82. The average molecular weight is 383 g/mol. The number of nitrogens with zero attached hydrogens (tertiary/aromatic N) is 2. The highest BCUT2D eigenvalue weighted by atomic mass is 19.3. The second-order valence-electron chi connectivity index (χ2n) is 7.10. The van der Waals surface area contributed by atoms with Crippen molar-refractivity contribution in [2.24, 2.45) is 5.92 Å². The van der Waals surface area contributed by atoms with E-state index in [-0.39, 0.29) is 24.4 Å². The lowest BCUT2D eigenvalue weighted by atomic mass is 9.88. The Hall–Kier alpha value is -1.96. The molecule has 1 aromatic rings. The van der Waals surface area contributed by atoms with E-state index in [0.29, 0.717) is 18.0 Å². The normalized spacial score (nSPS) is 23.3. The molecule has 2 amide bonds. The minimum atomic E-state index is -2.56. The Morgan fingerprint density at radius 1 is 1.37 bits per heavy atom. The molecule has 2 aliphatic rings. The summed E-state index contributed by atoms with van der Waals surface area (Å²) in [5.74, 6) is 0.654.